The minimum atomic E-state index is -0.716. The SMILES string of the molecule is CCOCC[C@@H](CC)C(=O)O. The minimum absolute atomic E-state index is 0.235. The van der Waals surface area contributed by atoms with Gasteiger partial charge in [-0.15, -0.1) is 0 Å². The van der Waals surface area contributed by atoms with Gasteiger partial charge in [0.1, 0.15) is 0 Å². The van der Waals surface area contributed by atoms with Gasteiger partial charge in [-0.05, 0) is 19.8 Å². The van der Waals surface area contributed by atoms with E-state index in [-0.39, 0.29) is 5.92 Å². The summed E-state index contributed by atoms with van der Waals surface area (Å²) in [5.41, 5.74) is 0. The first kappa shape index (κ1) is 10.4. The Labute approximate surface area is 67.4 Å². The van der Waals surface area contributed by atoms with Crippen LogP contribution < -0.4 is 0 Å². The zero-order chi connectivity index (χ0) is 8.69. The van der Waals surface area contributed by atoms with Crippen LogP contribution in [0.15, 0.2) is 0 Å². The molecule has 11 heavy (non-hydrogen) atoms. The third kappa shape index (κ3) is 4.79. The second kappa shape index (κ2) is 6.16. The predicted octanol–water partition coefficient (Wildman–Crippen LogP) is 1.52. The molecule has 0 bridgehead atoms. The topological polar surface area (TPSA) is 46.5 Å². The average molecular weight is 160 g/mol. The van der Waals surface area contributed by atoms with Gasteiger partial charge in [-0.1, -0.05) is 6.92 Å². The number of carboxylic acids is 1. The van der Waals surface area contributed by atoms with E-state index >= 15 is 0 Å². The molecule has 0 aliphatic carbocycles. The van der Waals surface area contributed by atoms with Gasteiger partial charge in [0, 0.05) is 13.2 Å². The van der Waals surface area contributed by atoms with Gasteiger partial charge in [0.05, 0.1) is 5.92 Å². The number of carboxylic acid groups (broad SMARTS) is 1. The van der Waals surface area contributed by atoms with E-state index in [2.05, 4.69) is 0 Å². The van der Waals surface area contributed by atoms with Gasteiger partial charge in [0.2, 0.25) is 0 Å². The minimum Gasteiger partial charge on any atom is -0.481 e. The zero-order valence-corrected chi connectivity index (χ0v) is 7.17. The molecule has 0 radical (unpaired) electrons. The molecule has 1 atom stereocenters. The van der Waals surface area contributed by atoms with Crippen LogP contribution in [0.25, 0.3) is 0 Å². The highest BCUT2D eigenvalue weighted by Crippen LogP contribution is 2.07. The molecule has 0 aromatic carbocycles. The van der Waals surface area contributed by atoms with Crippen LogP contribution >= 0.6 is 0 Å². The molecule has 0 rings (SSSR count). The fraction of sp³-hybridized carbons (Fsp3) is 0.875. The van der Waals surface area contributed by atoms with Crippen LogP contribution in [0.5, 0.6) is 0 Å². The molecule has 0 aliphatic rings. The molecule has 3 heteroatoms. The molecule has 0 amide bonds. The van der Waals surface area contributed by atoms with Crippen molar-refractivity contribution in [1.29, 1.82) is 0 Å². The molecule has 1 N–H and O–H groups in total. The number of ether oxygens (including phenoxy) is 1. The lowest BCUT2D eigenvalue weighted by Gasteiger charge is -2.08. The lowest BCUT2D eigenvalue weighted by atomic mass is 10.0. The Balaban J connectivity index is 3.44. The fourth-order valence-electron chi connectivity index (χ4n) is 0.872. The van der Waals surface area contributed by atoms with E-state index in [1.165, 1.54) is 0 Å². The molecule has 0 aliphatic heterocycles. The summed E-state index contributed by atoms with van der Waals surface area (Å²) in [7, 11) is 0. The third-order valence-corrected chi connectivity index (χ3v) is 1.66. The molecule has 0 spiro atoms. The van der Waals surface area contributed by atoms with Gasteiger partial charge >= 0.3 is 5.97 Å². The molecule has 3 nitrogen and oxygen atoms in total. The van der Waals surface area contributed by atoms with Crippen LogP contribution in [0, 0.1) is 5.92 Å². The quantitative estimate of drug-likeness (QED) is 0.599. The molecule has 0 saturated heterocycles. The number of hydrogen-bond acceptors (Lipinski definition) is 2. The standard InChI is InChI=1S/C8H16O3/c1-3-7(8(9)10)5-6-11-4-2/h7H,3-6H2,1-2H3,(H,9,10)/t7-/m1/s1. The van der Waals surface area contributed by atoms with E-state index in [0.29, 0.717) is 26.1 Å². The van der Waals surface area contributed by atoms with Crippen molar-refractivity contribution < 1.29 is 14.6 Å². The molecule has 0 aromatic rings. The molecule has 0 heterocycles. The summed E-state index contributed by atoms with van der Waals surface area (Å²) in [4.78, 5) is 10.5. The lowest BCUT2D eigenvalue weighted by molar-refractivity contribution is -0.142. The van der Waals surface area contributed by atoms with Crippen molar-refractivity contribution in [2.75, 3.05) is 13.2 Å². The Kier molecular flexibility index (Phi) is 5.84. The van der Waals surface area contributed by atoms with Gasteiger partial charge < -0.3 is 9.84 Å². The van der Waals surface area contributed by atoms with Gasteiger partial charge in [-0.2, -0.15) is 0 Å². The van der Waals surface area contributed by atoms with Gasteiger partial charge in [0.15, 0.2) is 0 Å². The summed E-state index contributed by atoms with van der Waals surface area (Å²) in [6, 6.07) is 0. The Morgan fingerprint density at radius 3 is 2.55 bits per heavy atom. The summed E-state index contributed by atoms with van der Waals surface area (Å²) in [5, 5.41) is 8.62. The molecule has 0 unspecified atom stereocenters. The first-order valence-corrected chi connectivity index (χ1v) is 4.02. The molecular weight excluding hydrogens is 144 g/mol. The molecular formula is C8H16O3. The normalized spacial score (nSPS) is 12.9. The van der Waals surface area contributed by atoms with E-state index in [9.17, 15) is 4.79 Å². The molecule has 0 aromatic heterocycles. The van der Waals surface area contributed by atoms with Crippen LogP contribution in [0.1, 0.15) is 26.7 Å². The van der Waals surface area contributed by atoms with Crippen LogP contribution in [0.4, 0.5) is 0 Å². The van der Waals surface area contributed by atoms with Gasteiger partial charge in [-0.3, -0.25) is 4.79 Å². The Bertz CT molecular complexity index is 112. The first-order valence-electron chi connectivity index (χ1n) is 4.02. The number of rotatable bonds is 6. The van der Waals surface area contributed by atoms with Crippen LogP contribution in [-0.2, 0) is 9.53 Å². The van der Waals surface area contributed by atoms with Crippen molar-refractivity contribution in [1.82, 2.24) is 0 Å². The van der Waals surface area contributed by atoms with Gasteiger partial charge in [0.25, 0.3) is 0 Å². The summed E-state index contributed by atoms with van der Waals surface area (Å²) in [6.45, 7) is 5.00. The van der Waals surface area contributed by atoms with E-state index in [1.54, 1.807) is 0 Å². The Hall–Kier alpha value is -0.570. The van der Waals surface area contributed by atoms with Crippen molar-refractivity contribution in [3.05, 3.63) is 0 Å². The van der Waals surface area contributed by atoms with Crippen LogP contribution in [0.2, 0.25) is 0 Å². The van der Waals surface area contributed by atoms with Crippen molar-refractivity contribution in [3.8, 4) is 0 Å². The molecule has 0 saturated carbocycles. The van der Waals surface area contributed by atoms with E-state index < -0.39 is 5.97 Å². The highest BCUT2D eigenvalue weighted by Gasteiger charge is 2.13. The second-order valence-electron chi connectivity index (χ2n) is 2.43. The van der Waals surface area contributed by atoms with Crippen molar-refractivity contribution in [2.24, 2.45) is 5.92 Å². The fourth-order valence-corrected chi connectivity index (χ4v) is 0.872. The molecule has 0 fully saturated rings. The van der Waals surface area contributed by atoms with Crippen molar-refractivity contribution >= 4 is 5.97 Å². The lowest BCUT2D eigenvalue weighted by Crippen LogP contribution is -2.14. The van der Waals surface area contributed by atoms with E-state index in [0.717, 1.165) is 0 Å². The van der Waals surface area contributed by atoms with E-state index in [4.69, 9.17) is 9.84 Å². The maximum atomic E-state index is 10.5. The number of carbonyl (C=O) groups is 1. The zero-order valence-electron chi connectivity index (χ0n) is 7.17. The highest BCUT2D eigenvalue weighted by atomic mass is 16.5. The summed E-state index contributed by atoms with van der Waals surface area (Å²) in [5.74, 6) is -0.950. The summed E-state index contributed by atoms with van der Waals surface area (Å²) >= 11 is 0. The smallest absolute Gasteiger partial charge is 0.306 e. The van der Waals surface area contributed by atoms with Crippen LogP contribution in [-0.4, -0.2) is 24.3 Å². The van der Waals surface area contributed by atoms with Crippen molar-refractivity contribution in [2.45, 2.75) is 26.7 Å². The highest BCUT2D eigenvalue weighted by molar-refractivity contribution is 5.69. The second-order valence-corrected chi connectivity index (χ2v) is 2.43. The average Bonchev–Trinajstić information content (AvgIpc) is 1.97. The Morgan fingerprint density at radius 2 is 2.18 bits per heavy atom. The maximum absolute atomic E-state index is 10.5. The largest absolute Gasteiger partial charge is 0.481 e. The third-order valence-electron chi connectivity index (χ3n) is 1.66. The Morgan fingerprint density at radius 1 is 1.55 bits per heavy atom. The predicted molar refractivity (Wildman–Crippen MR) is 42.5 cm³/mol. The summed E-state index contributed by atoms with van der Waals surface area (Å²) in [6.07, 6.45) is 1.31. The van der Waals surface area contributed by atoms with Crippen LogP contribution in [0.3, 0.4) is 0 Å². The number of aliphatic carboxylic acids is 1. The summed E-state index contributed by atoms with van der Waals surface area (Å²) < 4.78 is 5.05. The monoisotopic (exact) mass is 160 g/mol. The van der Waals surface area contributed by atoms with E-state index in [1.807, 2.05) is 13.8 Å². The first-order chi connectivity index (χ1) is 5.22. The van der Waals surface area contributed by atoms with Crippen molar-refractivity contribution in [3.63, 3.8) is 0 Å². The molecule has 66 valence electrons. The number of hydrogen-bond donors (Lipinski definition) is 1. The maximum Gasteiger partial charge on any atom is 0.306 e. The van der Waals surface area contributed by atoms with Gasteiger partial charge in [-0.25, -0.2) is 0 Å².